The maximum atomic E-state index is 13.4. The summed E-state index contributed by atoms with van der Waals surface area (Å²) in [6.07, 6.45) is 6.25. The molecule has 3 aromatic heterocycles. The molecule has 0 bridgehead atoms. The number of carbonyl (C=O) groups is 1. The summed E-state index contributed by atoms with van der Waals surface area (Å²) >= 11 is 12.4. The Labute approximate surface area is 197 Å². The lowest BCUT2D eigenvalue weighted by Crippen LogP contribution is -2.02. The summed E-state index contributed by atoms with van der Waals surface area (Å²) < 4.78 is 12.9. The number of methoxy groups -OCH3 is 1. The Morgan fingerprint density at radius 3 is 2.76 bits per heavy atom. The number of aromatic nitrogens is 5. The Bertz CT molecular complexity index is 1480. The van der Waals surface area contributed by atoms with Crippen molar-refractivity contribution in [2.45, 2.75) is 6.54 Å². The second kappa shape index (κ2) is 8.65. The SMILES string of the molecule is COc1ccc2c(c1)c(C(=O)c1nnc(-c3cnccn3)o1)cn2Cc1ccc(Cl)cc1Cl. The quantitative estimate of drug-likeness (QED) is 0.313. The van der Waals surface area contributed by atoms with Crippen molar-refractivity contribution in [1.82, 2.24) is 24.7 Å². The highest BCUT2D eigenvalue weighted by Gasteiger charge is 2.23. The van der Waals surface area contributed by atoms with Gasteiger partial charge < -0.3 is 13.7 Å². The first-order chi connectivity index (χ1) is 16.0. The molecule has 8 nitrogen and oxygen atoms in total. The number of carbonyl (C=O) groups excluding carboxylic acids is 1. The van der Waals surface area contributed by atoms with Crippen LogP contribution in [0.3, 0.4) is 0 Å². The number of halogens is 2. The first-order valence-electron chi connectivity index (χ1n) is 9.79. The van der Waals surface area contributed by atoms with E-state index in [0.717, 1.165) is 11.1 Å². The van der Waals surface area contributed by atoms with Crippen molar-refractivity contribution >= 4 is 39.9 Å². The van der Waals surface area contributed by atoms with Gasteiger partial charge in [0, 0.05) is 46.1 Å². The lowest BCUT2D eigenvalue weighted by Gasteiger charge is -2.08. The Morgan fingerprint density at radius 2 is 2.00 bits per heavy atom. The van der Waals surface area contributed by atoms with Gasteiger partial charge in [0.2, 0.25) is 0 Å². The molecule has 5 aromatic rings. The van der Waals surface area contributed by atoms with Crippen LogP contribution in [-0.2, 0) is 6.54 Å². The van der Waals surface area contributed by atoms with E-state index in [1.165, 1.54) is 18.6 Å². The van der Waals surface area contributed by atoms with Crippen molar-refractivity contribution in [3.63, 3.8) is 0 Å². The summed E-state index contributed by atoms with van der Waals surface area (Å²) in [5.41, 5.74) is 2.45. The monoisotopic (exact) mass is 479 g/mol. The van der Waals surface area contributed by atoms with Crippen LogP contribution in [0.15, 0.2) is 65.6 Å². The van der Waals surface area contributed by atoms with E-state index in [1.807, 2.05) is 22.8 Å². The number of benzene rings is 2. The molecule has 10 heteroatoms. The van der Waals surface area contributed by atoms with E-state index in [2.05, 4.69) is 20.2 Å². The van der Waals surface area contributed by atoms with Gasteiger partial charge in [-0.2, -0.15) is 0 Å². The smallest absolute Gasteiger partial charge is 0.289 e. The molecule has 3 heterocycles. The minimum absolute atomic E-state index is 0.112. The van der Waals surface area contributed by atoms with Crippen molar-refractivity contribution < 1.29 is 13.9 Å². The van der Waals surface area contributed by atoms with E-state index in [4.69, 9.17) is 32.4 Å². The zero-order valence-corrected chi connectivity index (χ0v) is 18.7. The number of ether oxygens (including phenoxy) is 1. The lowest BCUT2D eigenvalue weighted by atomic mass is 10.1. The average molecular weight is 480 g/mol. The molecule has 0 saturated heterocycles. The molecular weight excluding hydrogens is 465 g/mol. The van der Waals surface area contributed by atoms with Crippen molar-refractivity contribution in [3.8, 4) is 17.3 Å². The second-order valence-electron chi connectivity index (χ2n) is 7.12. The average Bonchev–Trinajstić information content (AvgIpc) is 3.46. The van der Waals surface area contributed by atoms with Crippen LogP contribution in [0.2, 0.25) is 10.0 Å². The third kappa shape index (κ3) is 4.06. The highest BCUT2D eigenvalue weighted by Crippen LogP contribution is 2.30. The minimum Gasteiger partial charge on any atom is -0.497 e. The highest BCUT2D eigenvalue weighted by atomic mass is 35.5. The maximum absolute atomic E-state index is 13.4. The predicted molar refractivity (Wildman–Crippen MR) is 123 cm³/mol. The summed E-state index contributed by atoms with van der Waals surface area (Å²) in [7, 11) is 1.57. The van der Waals surface area contributed by atoms with Crippen molar-refractivity contribution in [2.24, 2.45) is 0 Å². The van der Waals surface area contributed by atoms with Crippen molar-refractivity contribution in [1.29, 1.82) is 0 Å². The molecule has 164 valence electrons. The van der Waals surface area contributed by atoms with Gasteiger partial charge in [0.15, 0.2) is 0 Å². The summed E-state index contributed by atoms with van der Waals surface area (Å²) in [5, 5.41) is 9.64. The molecule has 0 aliphatic carbocycles. The van der Waals surface area contributed by atoms with Crippen LogP contribution in [0.1, 0.15) is 21.8 Å². The fourth-order valence-electron chi connectivity index (χ4n) is 3.49. The fourth-order valence-corrected chi connectivity index (χ4v) is 3.96. The van der Waals surface area contributed by atoms with Gasteiger partial charge in [0.1, 0.15) is 11.4 Å². The number of hydrogen-bond donors (Lipinski definition) is 0. The molecule has 0 aliphatic heterocycles. The van der Waals surface area contributed by atoms with Gasteiger partial charge in [-0.05, 0) is 35.9 Å². The molecule has 0 saturated carbocycles. The zero-order chi connectivity index (χ0) is 22.9. The predicted octanol–water partition coefficient (Wildman–Crippen LogP) is 5.08. The fraction of sp³-hybridized carbons (Fsp3) is 0.0870. The van der Waals surface area contributed by atoms with Gasteiger partial charge in [-0.25, -0.2) is 4.98 Å². The van der Waals surface area contributed by atoms with E-state index in [1.54, 1.807) is 31.5 Å². The zero-order valence-electron chi connectivity index (χ0n) is 17.2. The van der Waals surface area contributed by atoms with Crippen LogP contribution in [0.5, 0.6) is 5.75 Å². The van der Waals surface area contributed by atoms with Gasteiger partial charge in [-0.3, -0.25) is 9.78 Å². The number of ketones is 1. The highest BCUT2D eigenvalue weighted by molar-refractivity contribution is 6.35. The summed E-state index contributed by atoms with van der Waals surface area (Å²) in [6, 6.07) is 10.8. The minimum atomic E-state index is -0.420. The molecule has 0 N–H and O–H groups in total. The first kappa shape index (κ1) is 21.1. The van der Waals surface area contributed by atoms with Crippen LogP contribution >= 0.6 is 23.2 Å². The molecule has 0 atom stereocenters. The van der Waals surface area contributed by atoms with E-state index in [-0.39, 0.29) is 11.8 Å². The molecule has 0 radical (unpaired) electrons. The van der Waals surface area contributed by atoms with Crippen LogP contribution in [0.25, 0.3) is 22.5 Å². The van der Waals surface area contributed by atoms with Crippen molar-refractivity contribution in [3.05, 3.63) is 88.2 Å². The third-order valence-corrected chi connectivity index (χ3v) is 5.68. The topological polar surface area (TPSA) is 95.9 Å². The molecule has 0 aliphatic rings. The van der Waals surface area contributed by atoms with Crippen molar-refractivity contribution in [2.75, 3.05) is 7.11 Å². The Morgan fingerprint density at radius 1 is 1.12 bits per heavy atom. The number of nitrogens with zero attached hydrogens (tertiary/aromatic N) is 5. The van der Waals surface area contributed by atoms with Gasteiger partial charge in [0.25, 0.3) is 17.6 Å². The van der Waals surface area contributed by atoms with E-state index in [9.17, 15) is 4.79 Å². The molecule has 0 fully saturated rings. The number of hydrogen-bond acceptors (Lipinski definition) is 7. The summed E-state index contributed by atoms with van der Waals surface area (Å²) in [4.78, 5) is 21.4. The molecule has 0 spiro atoms. The molecule has 5 rings (SSSR count). The molecular formula is C23H15Cl2N5O3. The Kier molecular flexibility index (Phi) is 5.53. The standard InChI is InChI=1S/C23H15Cl2N5O3/c1-32-15-4-5-20-16(9-15)17(12-30(20)11-13-2-3-14(24)8-18(13)25)21(31)23-29-28-22(33-23)19-10-26-6-7-27-19/h2-10,12H,11H2,1H3. The normalized spacial score (nSPS) is 11.1. The third-order valence-electron chi connectivity index (χ3n) is 5.09. The Balaban J connectivity index is 1.57. The van der Waals surface area contributed by atoms with E-state index in [0.29, 0.717) is 39.0 Å². The van der Waals surface area contributed by atoms with E-state index >= 15 is 0 Å². The number of fused-ring (bicyclic) bond motifs is 1. The first-order valence-corrected chi connectivity index (χ1v) is 10.5. The Hall–Kier alpha value is -3.75. The van der Waals surface area contributed by atoms with Crippen LogP contribution in [0, 0.1) is 0 Å². The molecule has 2 aromatic carbocycles. The lowest BCUT2D eigenvalue weighted by molar-refractivity contribution is 0.100. The van der Waals surface area contributed by atoms with E-state index < -0.39 is 5.78 Å². The van der Waals surface area contributed by atoms with Gasteiger partial charge in [0.05, 0.1) is 18.9 Å². The summed E-state index contributed by atoms with van der Waals surface area (Å²) in [5.74, 6) is 0.157. The van der Waals surface area contributed by atoms with Crippen LogP contribution in [-0.4, -0.2) is 37.6 Å². The number of rotatable bonds is 6. The van der Waals surface area contributed by atoms with Gasteiger partial charge >= 0.3 is 0 Å². The molecule has 33 heavy (non-hydrogen) atoms. The van der Waals surface area contributed by atoms with Gasteiger partial charge in [-0.15, -0.1) is 10.2 Å². The van der Waals surface area contributed by atoms with Crippen LogP contribution < -0.4 is 4.74 Å². The summed E-state index contributed by atoms with van der Waals surface area (Å²) in [6.45, 7) is 0.431. The second-order valence-corrected chi connectivity index (χ2v) is 7.97. The largest absolute Gasteiger partial charge is 0.497 e. The maximum Gasteiger partial charge on any atom is 0.289 e. The van der Waals surface area contributed by atoms with Gasteiger partial charge in [-0.1, -0.05) is 29.3 Å². The molecule has 0 unspecified atom stereocenters. The van der Waals surface area contributed by atoms with Crippen LogP contribution in [0.4, 0.5) is 0 Å². The molecule has 0 amide bonds.